The molecule has 1 fully saturated rings. The third kappa shape index (κ3) is 3.52. The average molecular weight is 423 g/mol. The van der Waals surface area contributed by atoms with E-state index in [2.05, 4.69) is 56.2 Å². The highest BCUT2D eigenvalue weighted by atomic mass is 32.1. The number of fused-ring (bicyclic) bond motifs is 2. The number of aromatic nitrogens is 3. The fourth-order valence-electron chi connectivity index (χ4n) is 5.15. The molecule has 0 atom stereocenters. The lowest BCUT2D eigenvalue weighted by Crippen LogP contribution is -2.57. The van der Waals surface area contributed by atoms with Gasteiger partial charge >= 0.3 is 0 Å². The number of thiophene rings is 1. The molecule has 0 saturated carbocycles. The van der Waals surface area contributed by atoms with E-state index in [9.17, 15) is 4.39 Å². The van der Waals surface area contributed by atoms with Gasteiger partial charge < -0.3 is 9.72 Å². The van der Waals surface area contributed by atoms with Gasteiger partial charge in [-0.2, -0.15) is 0 Å². The Kier molecular flexibility index (Phi) is 4.32. The molecule has 0 aliphatic carbocycles. The van der Waals surface area contributed by atoms with Crippen LogP contribution in [0.3, 0.4) is 0 Å². The molecule has 0 aromatic carbocycles. The van der Waals surface area contributed by atoms with Crippen molar-refractivity contribution in [1.82, 2.24) is 19.7 Å². The first-order valence-electron chi connectivity index (χ1n) is 10.4. The summed E-state index contributed by atoms with van der Waals surface area (Å²) in [6.07, 6.45) is 5.93. The molecule has 156 valence electrons. The molecule has 1 saturated heterocycles. The first kappa shape index (κ1) is 19.6. The van der Waals surface area contributed by atoms with Crippen molar-refractivity contribution < 1.29 is 4.39 Å². The predicted molar refractivity (Wildman–Crippen MR) is 122 cm³/mol. The highest BCUT2D eigenvalue weighted by molar-refractivity contribution is 7.21. The molecule has 0 bridgehead atoms. The normalized spacial score (nSPS) is 19.0. The van der Waals surface area contributed by atoms with Gasteiger partial charge in [-0.15, -0.1) is 11.3 Å². The van der Waals surface area contributed by atoms with E-state index in [1.807, 2.05) is 19.3 Å². The van der Waals surface area contributed by atoms with Crippen molar-refractivity contribution in [3.63, 3.8) is 0 Å². The number of hydrogen-bond donors (Lipinski definition) is 1. The smallest absolute Gasteiger partial charge is 0.173 e. The topological polar surface area (TPSA) is 42.2 Å². The van der Waals surface area contributed by atoms with Crippen molar-refractivity contribution in [2.45, 2.75) is 64.5 Å². The summed E-state index contributed by atoms with van der Waals surface area (Å²) in [5.41, 5.74) is 3.35. The molecule has 4 aromatic heterocycles. The molecule has 5 rings (SSSR count). The van der Waals surface area contributed by atoms with Gasteiger partial charge in [0.25, 0.3) is 0 Å². The van der Waals surface area contributed by atoms with Gasteiger partial charge in [0.15, 0.2) is 11.5 Å². The monoisotopic (exact) mass is 422 g/mol. The maximum Gasteiger partial charge on any atom is 0.173 e. The third-order valence-electron chi connectivity index (χ3n) is 5.92. The van der Waals surface area contributed by atoms with Crippen LogP contribution >= 0.6 is 11.3 Å². The van der Waals surface area contributed by atoms with Crippen LogP contribution in [-0.2, 0) is 0 Å². The Morgan fingerprint density at radius 2 is 1.80 bits per heavy atom. The van der Waals surface area contributed by atoms with Gasteiger partial charge in [-0.1, -0.05) is 6.07 Å². The molecule has 4 nitrogen and oxygen atoms in total. The Labute approximate surface area is 180 Å². The lowest BCUT2D eigenvalue weighted by molar-refractivity contribution is 0.160. The SMILES string of the molecule is Cc1cn2cc(-c3cc4ccc(C5CC(C)(C)NC(C)(C)C5)nc4s3)cc(F)c2n1. The zero-order chi connectivity index (χ0) is 21.3. The van der Waals surface area contributed by atoms with Crippen LogP contribution < -0.4 is 5.32 Å². The van der Waals surface area contributed by atoms with Crippen molar-refractivity contribution in [3.05, 3.63) is 53.9 Å². The fourth-order valence-corrected chi connectivity index (χ4v) is 6.17. The van der Waals surface area contributed by atoms with Crippen molar-refractivity contribution in [2.24, 2.45) is 0 Å². The number of halogens is 1. The third-order valence-corrected chi connectivity index (χ3v) is 7.02. The average Bonchev–Trinajstić information content (AvgIpc) is 3.21. The van der Waals surface area contributed by atoms with Crippen LogP contribution in [0.25, 0.3) is 26.3 Å². The summed E-state index contributed by atoms with van der Waals surface area (Å²) in [5.74, 6) is 0.125. The molecule has 1 aliphatic heterocycles. The lowest BCUT2D eigenvalue weighted by atomic mass is 9.74. The van der Waals surface area contributed by atoms with Crippen LogP contribution in [0.5, 0.6) is 0 Å². The van der Waals surface area contributed by atoms with E-state index in [1.54, 1.807) is 21.8 Å². The predicted octanol–water partition coefficient (Wildman–Crippen LogP) is 6.08. The Morgan fingerprint density at radius 1 is 1.07 bits per heavy atom. The number of piperidine rings is 1. The van der Waals surface area contributed by atoms with E-state index in [4.69, 9.17) is 4.98 Å². The van der Waals surface area contributed by atoms with E-state index in [0.29, 0.717) is 11.6 Å². The van der Waals surface area contributed by atoms with E-state index >= 15 is 0 Å². The molecule has 0 amide bonds. The zero-order valence-electron chi connectivity index (χ0n) is 18.1. The van der Waals surface area contributed by atoms with Crippen molar-refractivity contribution in [1.29, 1.82) is 0 Å². The van der Waals surface area contributed by atoms with E-state index < -0.39 is 0 Å². The molecule has 1 N–H and O–H groups in total. The van der Waals surface area contributed by atoms with Crippen LogP contribution in [0, 0.1) is 12.7 Å². The number of nitrogens with one attached hydrogen (secondary N) is 1. The van der Waals surface area contributed by atoms with Crippen LogP contribution in [0.1, 0.15) is 57.8 Å². The van der Waals surface area contributed by atoms with E-state index in [0.717, 1.165) is 44.9 Å². The van der Waals surface area contributed by atoms with Gasteiger partial charge in [-0.3, -0.25) is 0 Å². The minimum absolute atomic E-state index is 0.0829. The van der Waals surface area contributed by atoms with Crippen molar-refractivity contribution >= 4 is 27.2 Å². The number of hydrogen-bond acceptors (Lipinski definition) is 4. The number of nitrogens with zero attached hydrogens (tertiary/aromatic N) is 3. The van der Waals surface area contributed by atoms with Crippen molar-refractivity contribution in [2.75, 3.05) is 0 Å². The van der Waals surface area contributed by atoms with Gasteiger partial charge in [0.05, 0.1) is 5.69 Å². The second-order valence-corrected chi connectivity index (χ2v) is 11.0. The zero-order valence-corrected chi connectivity index (χ0v) is 18.9. The lowest BCUT2D eigenvalue weighted by Gasteiger charge is -2.46. The van der Waals surface area contributed by atoms with Gasteiger partial charge in [0, 0.05) is 50.9 Å². The first-order valence-corrected chi connectivity index (χ1v) is 11.3. The molecule has 6 heteroatoms. The molecule has 4 aromatic rings. The van der Waals surface area contributed by atoms with Crippen LogP contribution in [-0.4, -0.2) is 25.4 Å². The molecule has 0 spiro atoms. The Hall–Kier alpha value is -2.31. The quantitative estimate of drug-likeness (QED) is 0.425. The summed E-state index contributed by atoms with van der Waals surface area (Å²) in [4.78, 5) is 11.3. The number of aryl methyl sites for hydroxylation is 1. The Morgan fingerprint density at radius 3 is 2.53 bits per heavy atom. The number of rotatable bonds is 2. The van der Waals surface area contributed by atoms with Crippen LogP contribution in [0.2, 0.25) is 0 Å². The molecule has 1 aliphatic rings. The second kappa shape index (κ2) is 6.59. The highest BCUT2D eigenvalue weighted by Gasteiger charge is 2.38. The summed E-state index contributed by atoms with van der Waals surface area (Å²) in [5, 5.41) is 4.85. The Balaban J connectivity index is 1.53. The number of pyridine rings is 2. The maximum atomic E-state index is 14.6. The van der Waals surface area contributed by atoms with Gasteiger partial charge in [-0.25, -0.2) is 14.4 Å². The van der Waals surface area contributed by atoms with Gasteiger partial charge in [0.1, 0.15) is 4.83 Å². The second-order valence-electron chi connectivity index (χ2n) is 9.93. The van der Waals surface area contributed by atoms with Crippen LogP contribution in [0.4, 0.5) is 4.39 Å². The summed E-state index contributed by atoms with van der Waals surface area (Å²) >= 11 is 1.63. The standard InChI is InChI=1S/C24H27FN4S/c1-14-12-29-13-16(8-18(25)21(29)26-14)20-9-15-6-7-19(27-22(15)30-20)17-10-23(2,3)28-24(4,5)11-17/h6-9,12-13,17,28H,10-11H2,1-5H3. The minimum atomic E-state index is -0.300. The first-order chi connectivity index (χ1) is 14.1. The molecular weight excluding hydrogens is 395 g/mol. The summed E-state index contributed by atoms with van der Waals surface area (Å²) in [6, 6.07) is 8.02. The molecule has 30 heavy (non-hydrogen) atoms. The molecule has 0 radical (unpaired) electrons. The largest absolute Gasteiger partial charge is 0.307 e. The van der Waals surface area contributed by atoms with Gasteiger partial charge in [0.2, 0.25) is 0 Å². The highest BCUT2D eigenvalue weighted by Crippen LogP contribution is 2.40. The number of imidazole rings is 1. The Bertz CT molecular complexity index is 1250. The van der Waals surface area contributed by atoms with Crippen LogP contribution in [0.15, 0.2) is 36.7 Å². The van der Waals surface area contributed by atoms with E-state index in [1.165, 1.54) is 0 Å². The van der Waals surface area contributed by atoms with E-state index in [-0.39, 0.29) is 16.9 Å². The van der Waals surface area contributed by atoms with Gasteiger partial charge in [-0.05, 0) is 65.7 Å². The maximum absolute atomic E-state index is 14.6. The fraction of sp³-hybridized carbons (Fsp3) is 0.417. The molecule has 0 unspecified atom stereocenters. The summed E-state index contributed by atoms with van der Waals surface area (Å²) in [6.45, 7) is 11.0. The molecular formula is C24H27FN4S. The summed E-state index contributed by atoms with van der Waals surface area (Å²) in [7, 11) is 0. The molecule has 5 heterocycles. The minimum Gasteiger partial charge on any atom is -0.307 e. The van der Waals surface area contributed by atoms with Crippen molar-refractivity contribution in [3.8, 4) is 10.4 Å². The summed E-state index contributed by atoms with van der Waals surface area (Å²) < 4.78 is 16.3.